The highest BCUT2D eigenvalue weighted by Crippen LogP contribution is 2.31. The molecule has 0 saturated heterocycles. The Labute approximate surface area is 163 Å². The van der Waals surface area contributed by atoms with Crippen LogP contribution < -0.4 is 4.74 Å². The van der Waals surface area contributed by atoms with Gasteiger partial charge in [-0.1, -0.05) is 32.9 Å². The molecule has 28 heavy (non-hydrogen) atoms. The Morgan fingerprint density at radius 3 is 2.43 bits per heavy atom. The van der Waals surface area contributed by atoms with Crippen LogP contribution in [0.3, 0.4) is 0 Å². The smallest absolute Gasteiger partial charge is 0.416 e. The number of aromatic nitrogens is 1. The van der Waals surface area contributed by atoms with E-state index in [1.54, 1.807) is 18.1 Å². The average Bonchev–Trinajstić information content (AvgIpc) is 2.63. The maximum absolute atomic E-state index is 12.8. The molecule has 0 aliphatic heterocycles. The second kappa shape index (κ2) is 8.63. The first-order valence-electron chi connectivity index (χ1n) is 8.94. The molecule has 2 aromatic rings. The van der Waals surface area contributed by atoms with E-state index in [1.807, 2.05) is 39.0 Å². The maximum atomic E-state index is 12.8. The number of carbonyl (C=O) groups excluding carboxylic acids is 1. The molecule has 1 aromatic heterocycles. The molecule has 0 bridgehead atoms. The van der Waals surface area contributed by atoms with E-state index in [1.165, 1.54) is 12.1 Å². The van der Waals surface area contributed by atoms with Gasteiger partial charge >= 0.3 is 6.18 Å². The molecule has 0 spiro atoms. The van der Waals surface area contributed by atoms with Crippen molar-refractivity contribution in [1.29, 1.82) is 0 Å². The van der Waals surface area contributed by atoms with Crippen molar-refractivity contribution in [3.05, 3.63) is 59.9 Å². The maximum Gasteiger partial charge on any atom is 0.416 e. The van der Waals surface area contributed by atoms with Crippen LogP contribution >= 0.6 is 0 Å². The molecule has 1 heterocycles. The summed E-state index contributed by atoms with van der Waals surface area (Å²) in [5.74, 6) is -0.304. The molecule has 1 unspecified atom stereocenters. The number of benzene rings is 1. The molecular formula is C21H25F3N2O2. The molecule has 2 rings (SSSR count). The number of nitrogens with zero attached hydrogens (tertiary/aromatic N) is 2. The fourth-order valence-electron chi connectivity index (χ4n) is 2.92. The van der Waals surface area contributed by atoms with Crippen molar-refractivity contribution in [3.63, 3.8) is 0 Å². The highest BCUT2D eigenvalue weighted by atomic mass is 19.4. The molecule has 4 nitrogen and oxygen atoms in total. The zero-order chi connectivity index (χ0) is 20.9. The van der Waals surface area contributed by atoms with Gasteiger partial charge in [0.25, 0.3) is 5.91 Å². The minimum atomic E-state index is -4.46. The molecule has 7 heteroatoms. The number of rotatable bonds is 6. The third kappa shape index (κ3) is 5.97. The van der Waals surface area contributed by atoms with E-state index >= 15 is 0 Å². The van der Waals surface area contributed by atoms with Gasteiger partial charge in [-0.3, -0.25) is 9.78 Å². The van der Waals surface area contributed by atoms with Crippen molar-refractivity contribution in [2.45, 2.75) is 39.4 Å². The van der Waals surface area contributed by atoms with Crippen LogP contribution in [0.1, 0.15) is 32.0 Å². The number of halogens is 3. The van der Waals surface area contributed by atoms with Gasteiger partial charge in [0.15, 0.2) is 6.61 Å². The van der Waals surface area contributed by atoms with Crippen molar-refractivity contribution in [2.75, 3.05) is 13.7 Å². The summed E-state index contributed by atoms with van der Waals surface area (Å²) in [6.45, 7) is 5.74. The molecule has 0 fully saturated rings. The van der Waals surface area contributed by atoms with Crippen LogP contribution in [0.15, 0.2) is 48.7 Å². The first kappa shape index (κ1) is 21.7. The Balaban J connectivity index is 2.07. The van der Waals surface area contributed by atoms with E-state index in [-0.39, 0.29) is 29.7 Å². The number of pyridine rings is 1. The number of amides is 1. The first-order chi connectivity index (χ1) is 13.0. The van der Waals surface area contributed by atoms with Crippen LogP contribution in [-0.4, -0.2) is 35.5 Å². The molecule has 152 valence electrons. The van der Waals surface area contributed by atoms with Gasteiger partial charge in [-0.15, -0.1) is 0 Å². The van der Waals surface area contributed by atoms with Crippen LogP contribution in [0.5, 0.6) is 5.75 Å². The number of ether oxygens (including phenoxy) is 1. The Morgan fingerprint density at radius 2 is 1.86 bits per heavy atom. The molecule has 0 aliphatic carbocycles. The van der Waals surface area contributed by atoms with E-state index in [9.17, 15) is 18.0 Å². The first-order valence-corrected chi connectivity index (χ1v) is 8.94. The number of likely N-dealkylation sites (N-methyl/N-ethyl adjacent to an activating group) is 1. The van der Waals surface area contributed by atoms with Gasteiger partial charge in [0.05, 0.1) is 5.56 Å². The van der Waals surface area contributed by atoms with E-state index in [2.05, 4.69) is 4.98 Å². The van der Waals surface area contributed by atoms with Crippen LogP contribution in [0.25, 0.3) is 0 Å². The van der Waals surface area contributed by atoms with E-state index in [0.717, 1.165) is 17.8 Å². The van der Waals surface area contributed by atoms with E-state index < -0.39 is 11.7 Å². The van der Waals surface area contributed by atoms with Gasteiger partial charge in [-0.25, -0.2) is 0 Å². The van der Waals surface area contributed by atoms with Gasteiger partial charge in [-0.2, -0.15) is 13.2 Å². The molecule has 1 atom stereocenters. The molecular weight excluding hydrogens is 369 g/mol. The Morgan fingerprint density at radius 1 is 1.14 bits per heavy atom. The van der Waals surface area contributed by atoms with Crippen LogP contribution in [0, 0.1) is 5.41 Å². The third-order valence-electron chi connectivity index (χ3n) is 4.51. The summed E-state index contributed by atoms with van der Waals surface area (Å²) < 4.78 is 43.7. The number of hydrogen-bond donors (Lipinski definition) is 0. The molecule has 0 radical (unpaired) electrons. The second-order valence-corrected chi connectivity index (χ2v) is 7.73. The lowest BCUT2D eigenvalue weighted by Gasteiger charge is -2.38. The van der Waals surface area contributed by atoms with Crippen molar-refractivity contribution in [3.8, 4) is 5.75 Å². The average molecular weight is 394 g/mol. The number of carbonyl (C=O) groups is 1. The van der Waals surface area contributed by atoms with Gasteiger partial charge in [0, 0.05) is 31.4 Å². The standard InChI is InChI=1S/C21H25F3N2O2/c1-20(2,3)18(13-16-9-5-6-11-25-16)26(4)19(27)14-28-17-10-7-8-15(12-17)21(22,23)24/h5-12,18H,13-14H2,1-4H3. The van der Waals surface area contributed by atoms with Crippen LogP contribution in [0.2, 0.25) is 0 Å². The summed E-state index contributed by atoms with van der Waals surface area (Å²) in [6, 6.07) is 9.97. The number of hydrogen-bond acceptors (Lipinski definition) is 3. The minimum absolute atomic E-state index is 0.00797. The summed E-state index contributed by atoms with van der Waals surface area (Å²) in [4.78, 5) is 18.5. The zero-order valence-corrected chi connectivity index (χ0v) is 16.5. The molecule has 0 aliphatic rings. The highest BCUT2D eigenvalue weighted by Gasteiger charge is 2.32. The Hall–Kier alpha value is -2.57. The fraction of sp³-hybridized carbons (Fsp3) is 0.429. The van der Waals surface area contributed by atoms with Crippen LogP contribution in [0.4, 0.5) is 13.2 Å². The van der Waals surface area contributed by atoms with Crippen molar-refractivity contribution >= 4 is 5.91 Å². The SMILES string of the molecule is CN(C(=O)COc1cccc(C(F)(F)F)c1)C(Cc1ccccn1)C(C)(C)C. The Bertz CT molecular complexity index is 786. The van der Waals surface area contributed by atoms with E-state index in [4.69, 9.17) is 4.74 Å². The summed E-state index contributed by atoms with van der Waals surface area (Å²) in [5.41, 5.74) is -0.174. The van der Waals surface area contributed by atoms with Crippen molar-refractivity contribution in [2.24, 2.45) is 5.41 Å². The van der Waals surface area contributed by atoms with Gasteiger partial charge in [0.2, 0.25) is 0 Å². The summed E-state index contributed by atoms with van der Waals surface area (Å²) in [5, 5.41) is 0. The third-order valence-corrected chi connectivity index (χ3v) is 4.51. The highest BCUT2D eigenvalue weighted by molar-refractivity contribution is 5.78. The lowest BCUT2D eigenvalue weighted by Crippen LogP contribution is -2.48. The van der Waals surface area contributed by atoms with Crippen LogP contribution in [-0.2, 0) is 17.4 Å². The topological polar surface area (TPSA) is 42.4 Å². The molecule has 0 N–H and O–H groups in total. The van der Waals surface area contributed by atoms with E-state index in [0.29, 0.717) is 6.42 Å². The van der Waals surface area contributed by atoms with Gasteiger partial charge in [-0.05, 0) is 35.7 Å². The molecule has 1 amide bonds. The normalized spacial score (nSPS) is 13.1. The second-order valence-electron chi connectivity index (χ2n) is 7.73. The molecule has 1 aromatic carbocycles. The summed E-state index contributed by atoms with van der Waals surface area (Å²) in [6.07, 6.45) is -2.19. The lowest BCUT2D eigenvalue weighted by molar-refractivity contribution is -0.137. The predicted molar refractivity (Wildman–Crippen MR) is 101 cm³/mol. The summed E-state index contributed by atoms with van der Waals surface area (Å²) >= 11 is 0. The molecule has 0 saturated carbocycles. The quantitative estimate of drug-likeness (QED) is 0.719. The monoisotopic (exact) mass is 394 g/mol. The van der Waals surface area contributed by atoms with Gasteiger partial charge in [0.1, 0.15) is 5.75 Å². The largest absolute Gasteiger partial charge is 0.484 e. The fourth-order valence-corrected chi connectivity index (χ4v) is 2.92. The lowest BCUT2D eigenvalue weighted by atomic mass is 9.83. The Kier molecular flexibility index (Phi) is 6.69. The zero-order valence-electron chi connectivity index (χ0n) is 16.5. The van der Waals surface area contributed by atoms with Crippen molar-refractivity contribution < 1.29 is 22.7 Å². The minimum Gasteiger partial charge on any atom is -0.484 e. The summed E-state index contributed by atoms with van der Waals surface area (Å²) in [7, 11) is 1.68. The van der Waals surface area contributed by atoms with Crippen molar-refractivity contribution in [1.82, 2.24) is 9.88 Å². The predicted octanol–water partition coefficient (Wildman–Crippen LogP) is 4.60. The number of alkyl halides is 3. The van der Waals surface area contributed by atoms with Gasteiger partial charge < -0.3 is 9.64 Å².